The van der Waals surface area contributed by atoms with Crippen molar-refractivity contribution in [3.63, 3.8) is 0 Å². The Bertz CT molecular complexity index is 877. The summed E-state index contributed by atoms with van der Waals surface area (Å²) in [5.74, 6) is -0.481. The molecule has 27 heavy (non-hydrogen) atoms. The third-order valence-electron chi connectivity index (χ3n) is 4.28. The van der Waals surface area contributed by atoms with Gasteiger partial charge < -0.3 is 9.64 Å². The molecule has 0 bridgehead atoms. The van der Waals surface area contributed by atoms with E-state index in [0.717, 1.165) is 18.9 Å². The van der Waals surface area contributed by atoms with Gasteiger partial charge in [-0.25, -0.2) is 0 Å². The van der Waals surface area contributed by atoms with Gasteiger partial charge >= 0.3 is 6.36 Å². The fourth-order valence-electron chi connectivity index (χ4n) is 3.18. The number of hydrogen-bond donors (Lipinski definition) is 0. The van der Waals surface area contributed by atoms with E-state index in [1.54, 1.807) is 6.07 Å². The molecule has 2 aromatic carbocycles. The van der Waals surface area contributed by atoms with Gasteiger partial charge in [0.1, 0.15) is 10.8 Å². The molecule has 2 aromatic rings. The van der Waals surface area contributed by atoms with Gasteiger partial charge in [0.05, 0.1) is 16.0 Å². The van der Waals surface area contributed by atoms with Gasteiger partial charge in [-0.05, 0) is 42.7 Å². The minimum Gasteiger partial charge on any atom is -0.404 e. The lowest BCUT2D eigenvalue weighted by Crippen LogP contribution is -2.23. The lowest BCUT2D eigenvalue weighted by Gasteiger charge is -2.27. The van der Waals surface area contributed by atoms with Gasteiger partial charge in [0.2, 0.25) is 0 Å². The van der Waals surface area contributed by atoms with E-state index in [-0.39, 0.29) is 21.8 Å². The smallest absolute Gasteiger partial charge is 0.404 e. The average molecular weight is 421 g/mol. The molecular weight excluding hydrogens is 408 g/mol. The maximum atomic E-state index is 12.4. The molecule has 0 aliphatic carbocycles. The van der Waals surface area contributed by atoms with Crippen molar-refractivity contribution in [2.75, 3.05) is 11.4 Å². The number of ether oxygens (including phenoxy) is 1. The Hall–Kier alpha value is -2.19. The first-order chi connectivity index (χ1) is 12.7. The average Bonchev–Trinajstić information content (AvgIpc) is 3.05. The molecule has 0 amide bonds. The molecule has 0 aromatic heterocycles. The van der Waals surface area contributed by atoms with Crippen LogP contribution in [0.5, 0.6) is 5.75 Å². The second-order valence-corrected chi connectivity index (χ2v) is 6.80. The molecule has 0 saturated carbocycles. The lowest BCUT2D eigenvalue weighted by atomic mass is 10.0. The van der Waals surface area contributed by atoms with E-state index in [2.05, 4.69) is 4.74 Å². The number of nitro groups is 1. The molecule has 1 aliphatic rings. The van der Waals surface area contributed by atoms with Gasteiger partial charge in [-0.15, -0.1) is 13.2 Å². The van der Waals surface area contributed by atoms with E-state index < -0.39 is 17.0 Å². The van der Waals surface area contributed by atoms with Crippen LogP contribution in [-0.4, -0.2) is 17.8 Å². The summed E-state index contributed by atoms with van der Waals surface area (Å²) >= 11 is 11.8. The third kappa shape index (κ3) is 4.39. The van der Waals surface area contributed by atoms with Crippen LogP contribution in [0.15, 0.2) is 36.4 Å². The van der Waals surface area contributed by atoms with Gasteiger partial charge in [0.25, 0.3) is 5.69 Å². The number of alkyl halides is 3. The molecule has 1 aliphatic heterocycles. The maximum Gasteiger partial charge on any atom is 0.573 e. The van der Waals surface area contributed by atoms with Crippen LogP contribution < -0.4 is 9.64 Å². The molecule has 1 heterocycles. The molecule has 1 unspecified atom stereocenters. The molecule has 3 rings (SSSR count). The molecule has 0 radical (unpaired) electrons. The second-order valence-electron chi connectivity index (χ2n) is 5.98. The number of halogens is 5. The quantitative estimate of drug-likeness (QED) is 0.440. The summed E-state index contributed by atoms with van der Waals surface area (Å²) in [6, 6.07) is 8.46. The first-order valence-corrected chi connectivity index (χ1v) is 8.67. The summed E-state index contributed by atoms with van der Waals surface area (Å²) in [5, 5.41) is 11.0. The summed E-state index contributed by atoms with van der Waals surface area (Å²) in [5.41, 5.74) is 1.12. The Labute approximate surface area is 162 Å². The highest BCUT2D eigenvalue weighted by Gasteiger charge is 2.33. The highest BCUT2D eigenvalue weighted by Crippen LogP contribution is 2.41. The molecule has 0 N–H and O–H groups in total. The summed E-state index contributed by atoms with van der Waals surface area (Å²) in [4.78, 5) is 12.5. The van der Waals surface area contributed by atoms with Crippen LogP contribution >= 0.6 is 23.2 Å². The van der Waals surface area contributed by atoms with Crippen LogP contribution in [0, 0.1) is 10.1 Å². The van der Waals surface area contributed by atoms with E-state index in [9.17, 15) is 23.3 Å². The largest absolute Gasteiger partial charge is 0.573 e. The zero-order valence-electron chi connectivity index (χ0n) is 13.7. The minimum atomic E-state index is -4.83. The number of hydrogen-bond acceptors (Lipinski definition) is 4. The minimum absolute atomic E-state index is 0.0463. The predicted molar refractivity (Wildman–Crippen MR) is 95.6 cm³/mol. The first kappa shape index (κ1) is 19.6. The van der Waals surface area contributed by atoms with Crippen molar-refractivity contribution in [3.8, 4) is 5.75 Å². The Morgan fingerprint density at radius 1 is 1.15 bits per heavy atom. The molecular formula is C17H13Cl2F3N2O3. The van der Waals surface area contributed by atoms with Crippen LogP contribution in [-0.2, 0) is 0 Å². The third-order valence-corrected chi connectivity index (χ3v) is 4.89. The molecule has 1 saturated heterocycles. The van der Waals surface area contributed by atoms with Crippen LogP contribution in [0.2, 0.25) is 10.0 Å². The predicted octanol–water partition coefficient (Wildman–Crippen LogP) is 6.14. The van der Waals surface area contributed by atoms with Crippen molar-refractivity contribution in [1.29, 1.82) is 0 Å². The molecule has 5 nitrogen and oxygen atoms in total. The fourth-order valence-corrected chi connectivity index (χ4v) is 3.57. The Morgan fingerprint density at radius 2 is 1.89 bits per heavy atom. The Balaban J connectivity index is 1.90. The van der Waals surface area contributed by atoms with Gasteiger partial charge in [-0.3, -0.25) is 10.1 Å². The van der Waals surface area contributed by atoms with Crippen LogP contribution in [0.3, 0.4) is 0 Å². The van der Waals surface area contributed by atoms with Crippen LogP contribution in [0.1, 0.15) is 24.4 Å². The highest BCUT2D eigenvalue weighted by molar-refractivity contribution is 6.32. The number of anilines is 1. The summed E-state index contributed by atoms with van der Waals surface area (Å²) in [7, 11) is 0. The van der Waals surface area contributed by atoms with Gasteiger partial charge in [-0.2, -0.15) is 0 Å². The van der Waals surface area contributed by atoms with Crippen molar-refractivity contribution in [1.82, 2.24) is 0 Å². The topological polar surface area (TPSA) is 55.6 Å². The zero-order valence-corrected chi connectivity index (χ0v) is 15.2. The number of nitrogens with zero attached hydrogens (tertiary/aromatic N) is 2. The molecule has 1 atom stereocenters. The van der Waals surface area contributed by atoms with E-state index >= 15 is 0 Å². The van der Waals surface area contributed by atoms with Crippen LogP contribution in [0.25, 0.3) is 0 Å². The number of rotatable bonds is 4. The molecule has 1 fully saturated rings. The first-order valence-electron chi connectivity index (χ1n) is 7.91. The van der Waals surface area contributed by atoms with Gasteiger partial charge in [0.15, 0.2) is 0 Å². The fraction of sp³-hybridized carbons (Fsp3) is 0.294. The van der Waals surface area contributed by atoms with Crippen LogP contribution in [0.4, 0.5) is 24.5 Å². The van der Waals surface area contributed by atoms with Crippen molar-refractivity contribution < 1.29 is 22.8 Å². The Kier molecular flexibility index (Phi) is 5.39. The van der Waals surface area contributed by atoms with Gasteiger partial charge in [-0.1, -0.05) is 29.3 Å². The van der Waals surface area contributed by atoms with E-state index in [1.807, 2.05) is 4.90 Å². The standard InChI is InChI=1S/C17H13Cl2F3N2O3/c18-12-5-3-10(8-15(12)24(25)26)14-2-1-7-23(14)11-4-6-16(13(19)9-11)27-17(20,21)22/h3-6,8-9,14H,1-2,7H2. The molecule has 144 valence electrons. The Morgan fingerprint density at radius 3 is 2.52 bits per heavy atom. The monoisotopic (exact) mass is 420 g/mol. The SMILES string of the molecule is O=[N+]([O-])c1cc(C2CCCN2c2ccc(OC(F)(F)F)c(Cl)c2)ccc1Cl. The van der Waals surface area contributed by atoms with Crippen molar-refractivity contribution in [2.45, 2.75) is 25.2 Å². The lowest BCUT2D eigenvalue weighted by molar-refractivity contribution is -0.384. The highest BCUT2D eigenvalue weighted by atomic mass is 35.5. The van der Waals surface area contributed by atoms with E-state index in [0.29, 0.717) is 17.8 Å². The maximum absolute atomic E-state index is 12.4. The summed E-state index contributed by atoms with van der Waals surface area (Å²) < 4.78 is 41.0. The zero-order chi connectivity index (χ0) is 19.8. The molecule has 10 heteroatoms. The van der Waals surface area contributed by atoms with E-state index in [1.165, 1.54) is 24.3 Å². The summed E-state index contributed by atoms with van der Waals surface area (Å²) in [6.07, 6.45) is -3.28. The second kappa shape index (κ2) is 7.44. The number of nitro benzene ring substituents is 1. The van der Waals surface area contributed by atoms with E-state index in [4.69, 9.17) is 23.2 Å². The van der Waals surface area contributed by atoms with Crippen molar-refractivity contribution >= 4 is 34.6 Å². The van der Waals surface area contributed by atoms with Gasteiger partial charge in [0, 0.05) is 18.3 Å². The van der Waals surface area contributed by atoms with Crippen molar-refractivity contribution in [3.05, 3.63) is 62.1 Å². The summed E-state index contributed by atoms with van der Waals surface area (Å²) in [6.45, 7) is 0.636. The number of benzene rings is 2. The van der Waals surface area contributed by atoms with Crippen molar-refractivity contribution in [2.24, 2.45) is 0 Å². The molecule has 0 spiro atoms. The normalized spacial score (nSPS) is 17.2.